The van der Waals surface area contributed by atoms with Crippen molar-refractivity contribution in [1.82, 2.24) is 0 Å². The highest BCUT2D eigenvalue weighted by Gasteiger charge is 2.52. The van der Waals surface area contributed by atoms with Crippen LogP contribution in [0.5, 0.6) is 5.88 Å². The zero-order valence-corrected chi connectivity index (χ0v) is 31.7. The van der Waals surface area contributed by atoms with Crippen molar-refractivity contribution in [3.05, 3.63) is 189 Å². The first-order valence-corrected chi connectivity index (χ1v) is 17.7. The predicted molar refractivity (Wildman–Crippen MR) is 186 cm³/mol. The van der Waals surface area contributed by atoms with Gasteiger partial charge < -0.3 is 4.74 Å². The molecule has 7 aromatic rings. The first-order valence-electron chi connectivity index (χ1n) is 17.7. The van der Waals surface area contributed by atoms with Crippen LogP contribution in [0.1, 0.15) is 5.56 Å². The van der Waals surface area contributed by atoms with Crippen molar-refractivity contribution in [2.75, 3.05) is 0 Å². The van der Waals surface area contributed by atoms with Crippen LogP contribution in [-0.4, -0.2) is 12.5 Å². The number of alkyl halides is 3. The Bertz CT molecular complexity index is 2740. The van der Waals surface area contributed by atoms with E-state index in [0.29, 0.717) is 17.3 Å². The highest BCUT2D eigenvalue weighted by atomic mass is 19.4. The summed E-state index contributed by atoms with van der Waals surface area (Å²) >= 11 is 0. The fourth-order valence-electron chi connectivity index (χ4n) is 7.23. The Morgan fingerprint density at radius 3 is 0.955 bits per heavy atom. The van der Waals surface area contributed by atoms with Gasteiger partial charge in [-0.1, -0.05) is 48.5 Å². The van der Waals surface area contributed by atoms with E-state index in [1.165, 1.54) is 4.57 Å². The van der Waals surface area contributed by atoms with Crippen LogP contribution < -0.4 is 31.2 Å². The Morgan fingerprint density at radius 2 is 0.642 bits per heavy atom. The summed E-state index contributed by atoms with van der Waals surface area (Å²) in [6.07, 6.45) is -10.3. The van der Waals surface area contributed by atoms with Gasteiger partial charge in [0.25, 0.3) is 0 Å². The van der Waals surface area contributed by atoms with Crippen molar-refractivity contribution in [2.45, 2.75) is 12.9 Å². The van der Waals surface area contributed by atoms with Crippen LogP contribution in [0.3, 0.4) is 0 Å². The van der Waals surface area contributed by atoms with Crippen molar-refractivity contribution in [2.24, 2.45) is 0 Å². The molecule has 0 N–H and O–H groups in total. The summed E-state index contributed by atoms with van der Waals surface area (Å²) in [5.74, 6) is -71.6. The summed E-state index contributed by atoms with van der Waals surface area (Å²) in [7, 11) is 0. The minimum Gasteiger partial charge on any atom is -0.350 e. The van der Waals surface area contributed by atoms with Crippen LogP contribution in [0.25, 0.3) is 10.8 Å². The molecule has 0 aliphatic carbocycles. The number of aromatic nitrogens is 1. The molecule has 0 saturated heterocycles. The molecule has 0 atom stereocenters. The molecule has 1 aromatic heterocycles. The standard InChI is InChI=1S/C24BF20.C17H13F3NO/c26-5-1(6(27)14(35)21(42)13(5)34)25(2-7(28)15(36)22(43)16(37)8(2)29,3-9(30)17(38)23(44)18(39)10(3)31)4-11(32)19(40)24(45)20(41)12(4)33;18-17(19,20)22-16-15-9-5-4-8-14(15)10-11-21(16)12-13-6-2-1-3-7-13/h;1-11H,12H2/q-1;+1. The maximum atomic E-state index is 15.4. The summed E-state index contributed by atoms with van der Waals surface area (Å²) in [5.41, 5.74) is -13.4. The number of halogens is 23. The van der Waals surface area contributed by atoms with Gasteiger partial charge in [0.05, 0.1) is 5.39 Å². The van der Waals surface area contributed by atoms with E-state index in [9.17, 15) is 65.9 Å². The number of ether oxygens (including phenoxy) is 1. The van der Waals surface area contributed by atoms with Crippen LogP contribution >= 0.6 is 0 Å². The highest BCUT2D eigenvalue weighted by molar-refractivity contribution is 7.20. The van der Waals surface area contributed by atoms with Gasteiger partial charge in [0.2, 0.25) is 0 Å². The molecule has 0 amide bonds. The van der Waals surface area contributed by atoms with Gasteiger partial charge in [0.15, 0.2) is 82.5 Å². The van der Waals surface area contributed by atoms with E-state index in [1.54, 1.807) is 36.5 Å². The molecule has 0 unspecified atom stereocenters. The molecule has 26 heteroatoms. The van der Waals surface area contributed by atoms with Gasteiger partial charge >= 0.3 is 12.2 Å². The number of hydrogen-bond donors (Lipinski definition) is 0. The van der Waals surface area contributed by atoms with Crippen molar-refractivity contribution in [3.8, 4) is 5.88 Å². The molecular weight excluding hydrogens is 970 g/mol. The Hall–Kier alpha value is -7.02. The number of benzene rings is 6. The van der Waals surface area contributed by atoms with Gasteiger partial charge in [0, 0.05) is 11.6 Å². The third kappa shape index (κ3) is 8.08. The molecule has 6 aromatic carbocycles. The van der Waals surface area contributed by atoms with Crippen LogP contribution in [0.2, 0.25) is 0 Å². The summed E-state index contributed by atoms with van der Waals surface area (Å²) in [6, 6.07) is 17.9. The quantitative estimate of drug-likeness (QED) is 0.0510. The molecule has 352 valence electrons. The minimum absolute atomic E-state index is 0.200. The molecule has 0 radical (unpaired) electrons. The molecule has 7 rings (SSSR count). The second kappa shape index (κ2) is 18.0. The van der Waals surface area contributed by atoms with E-state index in [0.717, 1.165) is 5.56 Å². The third-order valence-electron chi connectivity index (χ3n) is 10.0. The maximum Gasteiger partial charge on any atom is 0.577 e. The first kappa shape index (κ1) is 49.4. The van der Waals surface area contributed by atoms with E-state index < -0.39 is 151 Å². The molecule has 0 fully saturated rings. The lowest BCUT2D eigenvalue weighted by atomic mass is 9.12. The summed E-state index contributed by atoms with van der Waals surface area (Å²) < 4.78 is 338. The first-order chi connectivity index (χ1) is 31.2. The lowest BCUT2D eigenvalue weighted by Gasteiger charge is -2.44. The van der Waals surface area contributed by atoms with E-state index in [1.807, 2.05) is 30.3 Å². The monoisotopic (exact) mass is 983 g/mol. The number of fused-ring (bicyclic) bond motifs is 1. The largest absolute Gasteiger partial charge is 0.577 e. The maximum absolute atomic E-state index is 15.4. The average molecular weight is 983 g/mol. The molecule has 0 bridgehead atoms. The second-order valence-electron chi connectivity index (χ2n) is 13.7. The van der Waals surface area contributed by atoms with Crippen LogP contribution in [0.15, 0.2) is 66.9 Å². The predicted octanol–water partition coefficient (Wildman–Crippen LogP) is 9.92. The summed E-state index contributed by atoms with van der Waals surface area (Å²) in [4.78, 5) is 0. The molecule has 0 aliphatic heterocycles. The summed E-state index contributed by atoms with van der Waals surface area (Å²) in [5, 5.41) is 1.13. The lowest BCUT2D eigenvalue weighted by Crippen LogP contribution is -2.81. The zero-order valence-electron chi connectivity index (χ0n) is 31.7. The van der Waals surface area contributed by atoms with Crippen molar-refractivity contribution >= 4 is 38.8 Å². The number of rotatable bonds is 7. The van der Waals surface area contributed by atoms with E-state index >= 15 is 35.1 Å². The Morgan fingerprint density at radius 1 is 0.358 bits per heavy atom. The van der Waals surface area contributed by atoms with Crippen LogP contribution in [-0.2, 0) is 6.54 Å². The molecule has 0 spiro atoms. The normalized spacial score (nSPS) is 11.9. The minimum atomic E-state index is -7.22. The Labute approximate surface area is 356 Å². The Balaban J connectivity index is 0.000000279. The van der Waals surface area contributed by atoms with Gasteiger partial charge in [-0.2, -0.15) is 4.57 Å². The molecule has 1 heterocycles. The van der Waals surface area contributed by atoms with Crippen molar-refractivity contribution in [3.63, 3.8) is 0 Å². The summed E-state index contributed by atoms with van der Waals surface area (Å²) in [6.45, 7) is 0.303. The smallest absolute Gasteiger partial charge is 0.350 e. The van der Waals surface area contributed by atoms with Crippen molar-refractivity contribution < 1.29 is 110 Å². The number of nitrogens with zero attached hydrogens (tertiary/aromatic N) is 1. The number of pyridine rings is 1. The van der Waals surface area contributed by atoms with E-state index in [-0.39, 0.29) is 5.88 Å². The van der Waals surface area contributed by atoms with Crippen LogP contribution in [0, 0.1) is 116 Å². The van der Waals surface area contributed by atoms with Gasteiger partial charge in [-0.15, -0.1) is 35.0 Å². The fraction of sp³-hybridized carbons (Fsp3) is 0.0488. The average Bonchev–Trinajstić information content (AvgIpc) is 3.29. The van der Waals surface area contributed by atoms with E-state index in [2.05, 4.69) is 4.74 Å². The molecule has 0 saturated carbocycles. The van der Waals surface area contributed by atoms with Crippen molar-refractivity contribution in [1.29, 1.82) is 0 Å². The highest BCUT2D eigenvalue weighted by Crippen LogP contribution is 2.32. The SMILES string of the molecule is FC(F)(F)Oc1c2ccccc2cc[n+]1Cc1ccccc1.Fc1c(F)c(F)c([B-](c2c(F)c(F)c(F)c(F)c2F)(c2c(F)c(F)c(F)c(F)c2F)c2c(F)c(F)c(F)c(F)c2F)c(F)c1F. The van der Waals surface area contributed by atoms with Gasteiger partial charge in [-0.05, 0) is 11.5 Å². The van der Waals surface area contributed by atoms with Gasteiger partial charge in [0.1, 0.15) is 52.7 Å². The topological polar surface area (TPSA) is 13.1 Å². The zero-order chi connectivity index (χ0) is 49.9. The second-order valence-corrected chi connectivity index (χ2v) is 13.7. The van der Waals surface area contributed by atoms with E-state index in [4.69, 9.17) is 0 Å². The van der Waals surface area contributed by atoms with Gasteiger partial charge in [-0.3, -0.25) is 0 Å². The molecular formula is C41H13BF23NO. The van der Waals surface area contributed by atoms with Gasteiger partial charge in [-0.25, -0.2) is 87.8 Å². The molecule has 0 aliphatic rings. The molecule has 67 heavy (non-hydrogen) atoms. The Kier molecular flexibility index (Phi) is 13.3. The molecule has 2 nitrogen and oxygen atoms in total. The van der Waals surface area contributed by atoms with Crippen LogP contribution in [0.4, 0.5) is 101 Å². The lowest BCUT2D eigenvalue weighted by molar-refractivity contribution is -0.696. The third-order valence-corrected chi connectivity index (χ3v) is 10.0. The number of hydrogen-bond acceptors (Lipinski definition) is 1. The fourth-order valence-corrected chi connectivity index (χ4v) is 7.23.